The van der Waals surface area contributed by atoms with Crippen molar-refractivity contribution in [2.24, 2.45) is 0 Å². The number of nitrogens with zero attached hydrogens (tertiary/aromatic N) is 2. The van der Waals surface area contributed by atoms with Crippen LogP contribution in [0.4, 0.5) is 0 Å². The number of nitrogens with one attached hydrogen (secondary N) is 1. The van der Waals surface area contributed by atoms with Crippen molar-refractivity contribution in [2.75, 3.05) is 0 Å². The number of carbonyl (C=O) groups excluding carboxylic acids is 1. The summed E-state index contributed by atoms with van der Waals surface area (Å²) in [5, 5.41) is 7.84. The largest absolute Gasteiger partial charge is 0.481 e. The molecule has 0 aliphatic rings. The molecule has 0 saturated heterocycles. The number of hydrogen-bond acceptors (Lipinski definition) is 5. The summed E-state index contributed by atoms with van der Waals surface area (Å²) in [4.78, 5) is 16.7. The van der Waals surface area contributed by atoms with E-state index in [1.165, 1.54) is 0 Å². The number of ether oxygens (including phenoxy) is 1. The molecule has 0 radical (unpaired) electrons. The van der Waals surface area contributed by atoms with E-state index < -0.39 is 6.10 Å². The third kappa shape index (κ3) is 4.82. The molecule has 0 fully saturated rings. The normalized spacial score (nSPS) is 11.9. The number of carbonyl (C=O) groups is 1. The summed E-state index contributed by atoms with van der Waals surface area (Å²) in [6.45, 7) is 3.84. The lowest BCUT2D eigenvalue weighted by atomic mass is 10.2. The zero-order chi connectivity index (χ0) is 20.1. The van der Waals surface area contributed by atoms with Gasteiger partial charge < -0.3 is 14.6 Å². The van der Waals surface area contributed by atoms with Gasteiger partial charge in [0.2, 0.25) is 11.7 Å². The molecule has 1 amide bonds. The maximum atomic E-state index is 12.5. The van der Waals surface area contributed by atoms with E-state index in [0.717, 1.165) is 5.56 Å². The van der Waals surface area contributed by atoms with Crippen LogP contribution in [0.1, 0.15) is 24.8 Å². The third-order valence-electron chi connectivity index (χ3n) is 4.07. The van der Waals surface area contributed by atoms with E-state index >= 15 is 0 Å². The van der Waals surface area contributed by atoms with Gasteiger partial charge >= 0.3 is 0 Å². The molecule has 28 heavy (non-hydrogen) atoms. The first kappa shape index (κ1) is 20.2. The Kier molecular flexibility index (Phi) is 6.54. The maximum Gasteiger partial charge on any atom is 0.261 e. The van der Waals surface area contributed by atoms with Crippen LogP contribution in [0.15, 0.2) is 47.0 Å². The Labute approximate surface area is 172 Å². The van der Waals surface area contributed by atoms with Crippen molar-refractivity contribution >= 4 is 29.1 Å². The van der Waals surface area contributed by atoms with Gasteiger partial charge in [0.1, 0.15) is 5.75 Å². The van der Waals surface area contributed by atoms with Gasteiger partial charge in [0.25, 0.3) is 5.91 Å². The first-order valence-electron chi connectivity index (χ1n) is 8.76. The molecular weight excluding hydrogens is 401 g/mol. The fraction of sp³-hybridized carbons (Fsp3) is 0.250. The Balaban J connectivity index is 1.61. The second-order valence-corrected chi connectivity index (χ2v) is 6.95. The summed E-state index contributed by atoms with van der Waals surface area (Å²) in [7, 11) is 0. The standard InChI is InChI=1S/C20H19Cl2N3O3/c1-3-17(27-13-8-9-15(21)12(2)10-13)20(26)23-11-18-24-19(25-28-18)14-6-4-5-7-16(14)22/h4-10,17H,3,11H2,1-2H3,(H,23,26)/t17-/m0/s1. The zero-order valence-electron chi connectivity index (χ0n) is 15.4. The quantitative estimate of drug-likeness (QED) is 0.593. The predicted molar refractivity (Wildman–Crippen MR) is 107 cm³/mol. The predicted octanol–water partition coefficient (Wildman–Crippen LogP) is 4.83. The zero-order valence-corrected chi connectivity index (χ0v) is 16.9. The van der Waals surface area contributed by atoms with Gasteiger partial charge in [-0.15, -0.1) is 0 Å². The maximum absolute atomic E-state index is 12.5. The van der Waals surface area contributed by atoms with E-state index in [2.05, 4.69) is 15.5 Å². The summed E-state index contributed by atoms with van der Waals surface area (Å²) < 4.78 is 11.0. The molecule has 146 valence electrons. The van der Waals surface area contributed by atoms with Gasteiger partial charge in [-0.05, 0) is 49.2 Å². The number of aryl methyl sites for hydroxylation is 1. The number of amides is 1. The average molecular weight is 420 g/mol. The highest BCUT2D eigenvalue weighted by molar-refractivity contribution is 6.33. The topological polar surface area (TPSA) is 77.2 Å². The lowest BCUT2D eigenvalue weighted by Crippen LogP contribution is -2.37. The molecule has 0 aliphatic heterocycles. The molecule has 1 N–H and O–H groups in total. The monoisotopic (exact) mass is 419 g/mol. The first-order chi connectivity index (χ1) is 13.5. The summed E-state index contributed by atoms with van der Waals surface area (Å²) in [6, 6.07) is 12.5. The molecule has 6 nitrogen and oxygen atoms in total. The molecule has 8 heteroatoms. The highest BCUT2D eigenvalue weighted by Gasteiger charge is 2.20. The number of hydrogen-bond donors (Lipinski definition) is 1. The fourth-order valence-electron chi connectivity index (χ4n) is 2.53. The van der Waals surface area contributed by atoms with Crippen LogP contribution in [0.3, 0.4) is 0 Å². The molecule has 2 aromatic carbocycles. The van der Waals surface area contributed by atoms with Gasteiger partial charge in [0.05, 0.1) is 11.6 Å². The van der Waals surface area contributed by atoms with Gasteiger partial charge in [0.15, 0.2) is 6.10 Å². The number of aromatic nitrogens is 2. The molecule has 0 aliphatic carbocycles. The van der Waals surface area contributed by atoms with E-state index in [1.54, 1.807) is 30.3 Å². The summed E-state index contributed by atoms with van der Waals surface area (Å²) in [5.41, 5.74) is 1.55. The van der Waals surface area contributed by atoms with Crippen LogP contribution in [0, 0.1) is 6.92 Å². The van der Waals surface area contributed by atoms with Gasteiger partial charge in [-0.2, -0.15) is 4.98 Å². The van der Waals surface area contributed by atoms with Gasteiger partial charge in [-0.3, -0.25) is 4.79 Å². The lowest BCUT2D eigenvalue weighted by molar-refractivity contribution is -0.128. The van der Waals surface area contributed by atoms with Crippen molar-refractivity contribution in [3.8, 4) is 17.1 Å². The Morgan fingerprint density at radius 1 is 1.21 bits per heavy atom. The number of rotatable bonds is 7. The summed E-state index contributed by atoms with van der Waals surface area (Å²) in [6.07, 6.45) is -0.145. The van der Waals surface area contributed by atoms with E-state index in [9.17, 15) is 4.79 Å². The smallest absolute Gasteiger partial charge is 0.261 e. The molecule has 1 atom stereocenters. The highest BCUT2D eigenvalue weighted by Crippen LogP contribution is 2.25. The van der Waals surface area contributed by atoms with Crippen molar-refractivity contribution < 1.29 is 14.1 Å². The molecule has 0 bridgehead atoms. The molecule has 0 spiro atoms. The van der Waals surface area contributed by atoms with E-state index in [4.69, 9.17) is 32.5 Å². The van der Waals surface area contributed by atoms with Crippen molar-refractivity contribution in [1.29, 1.82) is 0 Å². The first-order valence-corrected chi connectivity index (χ1v) is 9.51. The van der Waals surface area contributed by atoms with Crippen molar-refractivity contribution in [3.63, 3.8) is 0 Å². The molecule has 0 unspecified atom stereocenters. The third-order valence-corrected chi connectivity index (χ3v) is 4.82. The van der Waals surface area contributed by atoms with Crippen LogP contribution >= 0.6 is 23.2 Å². The minimum atomic E-state index is -0.647. The van der Waals surface area contributed by atoms with Crippen molar-refractivity contribution in [2.45, 2.75) is 32.9 Å². The van der Waals surface area contributed by atoms with Gasteiger partial charge in [-0.1, -0.05) is 47.4 Å². The SMILES string of the molecule is CC[C@H](Oc1ccc(Cl)c(C)c1)C(=O)NCc1nc(-c2ccccc2Cl)no1. The molecule has 1 heterocycles. The minimum absolute atomic E-state index is 0.0930. The van der Waals surface area contributed by atoms with Crippen LogP contribution in [0.5, 0.6) is 5.75 Å². The van der Waals surface area contributed by atoms with Crippen LogP contribution in [0.2, 0.25) is 10.0 Å². The van der Waals surface area contributed by atoms with Crippen LogP contribution in [-0.2, 0) is 11.3 Å². The average Bonchev–Trinajstić information content (AvgIpc) is 3.16. The van der Waals surface area contributed by atoms with Crippen LogP contribution in [-0.4, -0.2) is 22.2 Å². The van der Waals surface area contributed by atoms with Gasteiger partial charge in [-0.25, -0.2) is 0 Å². The Hall–Kier alpha value is -2.57. The Morgan fingerprint density at radius 2 is 2.00 bits per heavy atom. The summed E-state index contributed by atoms with van der Waals surface area (Å²) >= 11 is 12.2. The molecule has 3 rings (SSSR count). The number of benzene rings is 2. The highest BCUT2D eigenvalue weighted by atomic mass is 35.5. The molecule has 3 aromatic rings. The Bertz CT molecular complexity index is 975. The van der Waals surface area contributed by atoms with Crippen molar-refractivity contribution in [1.82, 2.24) is 15.5 Å². The second-order valence-electron chi connectivity index (χ2n) is 6.14. The minimum Gasteiger partial charge on any atom is -0.481 e. The van der Waals surface area contributed by atoms with Gasteiger partial charge in [0, 0.05) is 10.6 Å². The number of halogens is 2. The van der Waals surface area contributed by atoms with Crippen LogP contribution < -0.4 is 10.1 Å². The molecule has 0 saturated carbocycles. The Morgan fingerprint density at radius 3 is 2.71 bits per heavy atom. The van der Waals surface area contributed by atoms with Crippen LogP contribution in [0.25, 0.3) is 11.4 Å². The van der Waals surface area contributed by atoms with E-state index in [0.29, 0.717) is 33.6 Å². The van der Waals surface area contributed by atoms with E-state index in [-0.39, 0.29) is 18.3 Å². The molecule has 1 aromatic heterocycles. The van der Waals surface area contributed by atoms with E-state index in [1.807, 2.05) is 26.0 Å². The summed E-state index contributed by atoms with van der Waals surface area (Å²) in [5.74, 6) is 0.963. The molecular formula is C20H19Cl2N3O3. The van der Waals surface area contributed by atoms with Crippen molar-refractivity contribution in [3.05, 3.63) is 64.0 Å². The lowest BCUT2D eigenvalue weighted by Gasteiger charge is -2.17. The fourth-order valence-corrected chi connectivity index (χ4v) is 2.87. The second kappa shape index (κ2) is 9.08.